The number of hydrogen-bond donors (Lipinski definition) is 2. The summed E-state index contributed by atoms with van der Waals surface area (Å²) in [6.45, 7) is 5.16. The Labute approximate surface area is 96.0 Å². The minimum atomic E-state index is -4.19. The number of carbonyl (C=O) groups excluding carboxylic acids is 1. The molecule has 2 N–H and O–H groups in total. The van der Waals surface area contributed by atoms with Crippen molar-refractivity contribution in [3.05, 3.63) is 0 Å². The van der Waals surface area contributed by atoms with Crippen LogP contribution < -0.4 is 5.11 Å². The predicted molar refractivity (Wildman–Crippen MR) is 58.7 cm³/mol. The summed E-state index contributed by atoms with van der Waals surface area (Å²) < 4.78 is 11.0. The van der Waals surface area contributed by atoms with Crippen LogP contribution in [-0.4, -0.2) is 21.9 Å². The predicted octanol–water partition coefficient (Wildman–Crippen LogP) is 0.747. The first-order valence-corrected chi connectivity index (χ1v) is 7.29. The lowest BCUT2D eigenvalue weighted by Gasteiger charge is -2.40. The van der Waals surface area contributed by atoms with Crippen LogP contribution in [0, 0.1) is 11.3 Å². The van der Waals surface area contributed by atoms with Crippen LogP contribution in [0.1, 0.15) is 40.0 Å². The van der Waals surface area contributed by atoms with Crippen molar-refractivity contribution in [2.24, 2.45) is 11.3 Å². The number of hydrogen-bond acceptors (Lipinski definition) is 3. The van der Waals surface area contributed by atoms with Crippen molar-refractivity contribution >= 4 is 13.6 Å². The van der Waals surface area contributed by atoms with Gasteiger partial charge >= 0.3 is 7.60 Å². The van der Waals surface area contributed by atoms with E-state index in [9.17, 15) is 14.5 Å². The third kappa shape index (κ3) is 3.58. The molecule has 0 bridgehead atoms. The van der Waals surface area contributed by atoms with Crippen LogP contribution in [0.3, 0.4) is 0 Å². The van der Waals surface area contributed by atoms with Gasteiger partial charge in [-0.3, -0.25) is 4.57 Å². The van der Waals surface area contributed by atoms with Crippen LogP contribution >= 0.6 is 7.60 Å². The first kappa shape index (κ1) is 15.6. The SMILES string of the molecule is CCC(CP(=O)(O)O)C(CC)(CC)C(=O)[O-]. The van der Waals surface area contributed by atoms with E-state index in [1.165, 1.54) is 0 Å². The highest BCUT2D eigenvalue weighted by atomic mass is 31.2. The molecule has 0 saturated carbocycles. The normalized spacial score (nSPS) is 14.8. The summed E-state index contributed by atoms with van der Waals surface area (Å²) in [4.78, 5) is 29.1. The fraction of sp³-hybridized carbons (Fsp3) is 0.900. The van der Waals surface area contributed by atoms with E-state index in [0.717, 1.165) is 0 Å². The number of rotatable bonds is 7. The zero-order valence-electron chi connectivity index (χ0n) is 9.97. The molecule has 0 aromatic heterocycles. The maximum atomic E-state index is 11.2. The van der Waals surface area contributed by atoms with Gasteiger partial charge in [0.25, 0.3) is 0 Å². The summed E-state index contributed by atoms with van der Waals surface area (Å²) >= 11 is 0. The molecule has 1 atom stereocenters. The maximum Gasteiger partial charge on any atom is 0.325 e. The summed E-state index contributed by atoms with van der Waals surface area (Å²) in [6.07, 6.45) is 0.675. The van der Waals surface area contributed by atoms with E-state index in [4.69, 9.17) is 9.79 Å². The number of carboxylic acids is 1. The van der Waals surface area contributed by atoms with Crippen molar-refractivity contribution in [3.8, 4) is 0 Å². The third-order valence-electron chi connectivity index (χ3n) is 3.40. The van der Waals surface area contributed by atoms with Crippen molar-refractivity contribution in [1.29, 1.82) is 0 Å². The van der Waals surface area contributed by atoms with Gasteiger partial charge in [-0.15, -0.1) is 0 Å². The highest BCUT2D eigenvalue weighted by molar-refractivity contribution is 7.51. The van der Waals surface area contributed by atoms with Gasteiger partial charge in [-0.25, -0.2) is 0 Å². The van der Waals surface area contributed by atoms with E-state index in [-0.39, 0.29) is 6.16 Å². The topological polar surface area (TPSA) is 97.7 Å². The Hall–Kier alpha value is -0.380. The molecule has 0 aliphatic heterocycles. The molecular weight excluding hydrogens is 231 g/mol. The average molecular weight is 251 g/mol. The molecule has 0 radical (unpaired) electrons. The molecule has 0 rings (SSSR count). The molecule has 0 amide bonds. The van der Waals surface area contributed by atoms with Crippen LogP contribution in [-0.2, 0) is 9.36 Å². The lowest BCUT2D eigenvalue weighted by Crippen LogP contribution is -2.47. The number of carboxylic acid groups (broad SMARTS) is 1. The summed E-state index contributed by atoms with van der Waals surface area (Å²) in [6, 6.07) is 0. The summed E-state index contributed by atoms with van der Waals surface area (Å²) in [5.74, 6) is -1.76. The fourth-order valence-electron chi connectivity index (χ4n) is 2.26. The Morgan fingerprint density at radius 1 is 1.31 bits per heavy atom. The van der Waals surface area contributed by atoms with Gasteiger partial charge in [-0.2, -0.15) is 0 Å². The molecule has 6 heteroatoms. The largest absolute Gasteiger partial charge is 0.550 e. The first-order chi connectivity index (χ1) is 7.23. The number of carbonyl (C=O) groups is 1. The van der Waals surface area contributed by atoms with Gasteiger partial charge in [0.2, 0.25) is 0 Å². The van der Waals surface area contributed by atoms with Crippen LogP contribution in [0.15, 0.2) is 0 Å². The molecule has 0 aromatic carbocycles. The van der Waals surface area contributed by atoms with Crippen molar-refractivity contribution in [2.75, 3.05) is 6.16 Å². The molecule has 96 valence electrons. The van der Waals surface area contributed by atoms with E-state index in [1.54, 1.807) is 20.8 Å². The van der Waals surface area contributed by atoms with Gasteiger partial charge in [0, 0.05) is 11.4 Å². The quantitative estimate of drug-likeness (QED) is 0.650. The molecule has 0 spiro atoms. The molecule has 0 aliphatic rings. The van der Waals surface area contributed by atoms with Crippen LogP contribution in [0.4, 0.5) is 0 Å². The Kier molecular flexibility index (Phi) is 5.66. The van der Waals surface area contributed by atoms with Crippen LogP contribution in [0.2, 0.25) is 0 Å². The zero-order chi connectivity index (χ0) is 13.0. The summed E-state index contributed by atoms with van der Waals surface area (Å²) in [7, 11) is -4.19. The minimum Gasteiger partial charge on any atom is -0.550 e. The molecule has 0 aliphatic carbocycles. The molecule has 0 aromatic rings. The van der Waals surface area contributed by atoms with Gasteiger partial charge in [-0.1, -0.05) is 27.2 Å². The van der Waals surface area contributed by atoms with Gasteiger partial charge in [0.1, 0.15) is 0 Å². The molecule has 1 unspecified atom stereocenters. The fourth-order valence-corrected chi connectivity index (χ4v) is 3.45. The van der Waals surface area contributed by atoms with Crippen LogP contribution in [0.25, 0.3) is 0 Å². The maximum absolute atomic E-state index is 11.2. The standard InChI is InChI=1S/C10H21O5P/c1-4-8(7-16(13,14)15)10(5-2,6-3)9(11)12/h8H,4-7H2,1-3H3,(H,11,12)(H2,13,14,15)/p-1. The van der Waals surface area contributed by atoms with Crippen molar-refractivity contribution in [2.45, 2.75) is 40.0 Å². The second-order valence-electron chi connectivity index (χ2n) is 4.10. The Balaban J connectivity index is 5.15. The van der Waals surface area contributed by atoms with E-state index in [2.05, 4.69) is 0 Å². The van der Waals surface area contributed by atoms with Gasteiger partial charge in [-0.05, 0) is 18.8 Å². The number of aliphatic carboxylic acids is 1. The molecular formula is C10H20O5P-. The lowest BCUT2D eigenvalue weighted by molar-refractivity contribution is -0.322. The van der Waals surface area contributed by atoms with E-state index >= 15 is 0 Å². The first-order valence-electron chi connectivity index (χ1n) is 5.49. The molecule has 0 fully saturated rings. The third-order valence-corrected chi connectivity index (χ3v) is 4.32. The monoisotopic (exact) mass is 251 g/mol. The summed E-state index contributed by atoms with van der Waals surface area (Å²) in [5, 5.41) is 11.2. The van der Waals surface area contributed by atoms with Crippen LogP contribution in [0.5, 0.6) is 0 Å². The Bertz CT molecular complexity index is 279. The van der Waals surface area contributed by atoms with Crippen molar-refractivity contribution in [3.63, 3.8) is 0 Å². The van der Waals surface area contributed by atoms with Gasteiger partial charge in [0.05, 0.1) is 6.16 Å². The van der Waals surface area contributed by atoms with Crippen molar-refractivity contribution in [1.82, 2.24) is 0 Å². The highest BCUT2D eigenvalue weighted by Gasteiger charge is 2.39. The second kappa shape index (κ2) is 5.80. The molecule has 0 heterocycles. The van der Waals surface area contributed by atoms with Gasteiger partial charge < -0.3 is 19.7 Å². The molecule has 0 saturated heterocycles. The second-order valence-corrected chi connectivity index (χ2v) is 5.80. The summed E-state index contributed by atoms with van der Waals surface area (Å²) in [5.41, 5.74) is -1.13. The van der Waals surface area contributed by atoms with Gasteiger partial charge in [0.15, 0.2) is 0 Å². The molecule has 16 heavy (non-hydrogen) atoms. The zero-order valence-corrected chi connectivity index (χ0v) is 10.9. The van der Waals surface area contributed by atoms with Crippen molar-refractivity contribution < 1.29 is 24.3 Å². The highest BCUT2D eigenvalue weighted by Crippen LogP contribution is 2.46. The average Bonchev–Trinajstić information content (AvgIpc) is 2.16. The van der Waals surface area contributed by atoms with E-state index in [0.29, 0.717) is 19.3 Å². The smallest absolute Gasteiger partial charge is 0.325 e. The van der Waals surface area contributed by atoms with E-state index in [1.807, 2.05) is 0 Å². The van der Waals surface area contributed by atoms with E-state index < -0.39 is 24.9 Å². The lowest BCUT2D eigenvalue weighted by atomic mass is 9.71. The minimum absolute atomic E-state index is 0.324. The Morgan fingerprint density at radius 2 is 1.75 bits per heavy atom. The molecule has 5 nitrogen and oxygen atoms in total. The Morgan fingerprint density at radius 3 is 1.94 bits per heavy atom.